The van der Waals surface area contributed by atoms with Crippen LogP contribution >= 0.6 is 0 Å². The average Bonchev–Trinajstić information content (AvgIpc) is 2.46. The molecule has 0 radical (unpaired) electrons. The van der Waals surface area contributed by atoms with Crippen LogP contribution in [0.25, 0.3) is 10.9 Å². The highest BCUT2D eigenvalue weighted by Crippen LogP contribution is 2.22. The minimum absolute atomic E-state index is 0.292. The molecule has 1 aromatic heterocycles. The van der Waals surface area contributed by atoms with Gasteiger partial charge in [0.05, 0.1) is 5.52 Å². The first-order valence-electron chi connectivity index (χ1n) is 6.25. The maximum Gasteiger partial charge on any atom is 0.131 e. The van der Waals surface area contributed by atoms with Crippen molar-refractivity contribution < 1.29 is 8.78 Å². The fourth-order valence-electron chi connectivity index (χ4n) is 2.11. The van der Waals surface area contributed by atoms with Gasteiger partial charge in [-0.3, -0.25) is 4.98 Å². The van der Waals surface area contributed by atoms with Crippen molar-refractivity contribution in [2.45, 2.75) is 6.54 Å². The number of halogens is 2. The Kier molecular flexibility index (Phi) is 3.29. The second-order valence-corrected chi connectivity index (χ2v) is 4.46. The molecule has 0 aliphatic heterocycles. The highest BCUT2D eigenvalue weighted by molar-refractivity contribution is 5.91. The summed E-state index contributed by atoms with van der Waals surface area (Å²) in [5, 5.41) is 4.13. The monoisotopic (exact) mass is 270 g/mol. The minimum Gasteiger partial charge on any atom is -0.380 e. The highest BCUT2D eigenvalue weighted by Gasteiger charge is 2.05. The van der Waals surface area contributed by atoms with Crippen LogP contribution in [0.15, 0.2) is 54.7 Å². The molecule has 1 N–H and O–H groups in total. The fourth-order valence-corrected chi connectivity index (χ4v) is 2.11. The Balaban J connectivity index is 1.87. The van der Waals surface area contributed by atoms with Crippen LogP contribution in [0, 0.1) is 11.6 Å². The number of aromatic nitrogens is 1. The number of benzene rings is 2. The minimum atomic E-state index is -0.569. The Morgan fingerprint density at radius 2 is 1.90 bits per heavy atom. The van der Waals surface area contributed by atoms with Gasteiger partial charge in [-0.2, -0.15) is 0 Å². The van der Waals surface area contributed by atoms with Crippen molar-refractivity contribution in [2.75, 3.05) is 5.32 Å². The summed E-state index contributed by atoms with van der Waals surface area (Å²) >= 11 is 0. The van der Waals surface area contributed by atoms with Gasteiger partial charge in [-0.05, 0) is 30.3 Å². The van der Waals surface area contributed by atoms with E-state index in [0.717, 1.165) is 22.7 Å². The molecule has 0 saturated carbocycles. The molecule has 4 heteroatoms. The number of hydrogen-bond acceptors (Lipinski definition) is 2. The van der Waals surface area contributed by atoms with Gasteiger partial charge in [0.15, 0.2) is 0 Å². The number of nitrogens with zero attached hydrogens (tertiary/aromatic N) is 1. The third-order valence-corrected chi connectivity index (χ3v) is 3.13. The zero-order valence-electron chi connectivity index (χ0n) is 10.6. The first-order valence-corrected chi connectivity index (χ1v) is 6.25. The molecule has 2 aromatic carbocycles. The third kappa shape index (κ3) is 2.45. The summed E-state index contributed by atoms with van der Waals surface area (Å²) in [5.41, 5.74) is 2.17. The maximum atomic E-state index is 13.6. The van der Waals surface area contributed by atoms with Crippen LogP contribution in [-0.2, 0) is 6.54 Å². The lowest BCUT2D eigenvalue weighted by atomic mass is 10.1. The standard InChI is InChI=1S/C16H12F2N2/c17-12-7-6-11(14(18)9-12)10-20-16-5-1-4-15-13(16)3-2-8-19-15/h1-9,20H,10H2. The molecule has 3 aromatic rings. The van der Waals surface area contributed by atoms with Gasteiger partial charge in [0.2, 0.25) is 0 Å². The molecule has 100 valence electrons. The van der Waals surface area contributed by atoms with Gasteiger partial charge in [0.1, 0.15) is 11.6 Å². The van der Waals surface area contributed by atoms with Gasteiger partial charge >= 0.3 is 0 Å². The maximum absolute atomic E-state index is 13.6. The normalized spacial score (nSPS) is 10.7. The summed E-state index contributed by atoms with van der Waals surface area (Å²) in [6.45, 7) is 0.292. The van der Waals surface area contributed by atoms with Crippen LogP contribution in [-0.4, -0.2) is 4.98 Å². The van der Waals surface area contributed by atoms with E-state index >= 15 is 0 Å². The van der Waals surface area contributed by atoms with E-state index in [9.17, 15) is 8.78 Å². The van der Waals surface area contributed by atoms with Crippen molar-refractivity contribution in [3.63, 3.8) is 0 Å². The Morgan fingerprint density at radius 3 is 2.75 bits per heavy atom. The number of fused-ring (bicyclic) bond motifs is 1. The molecule has 0 spiro atoms. The van der Waals surface area contributed by atoms with Crippen LogP contribution in [0.4, 0.5) is 14.5 Å². The van der Waals surface area contributed by atoms with Crippen molar-refractivity contribution in [1.29, 1.82) is 0 Å². The van der Waals surface area contributed by atoms with Crippen LogP contribution < -0.4 is 5.32 Å². The predicted molar refractivity (Wildman–Crippen MR) is 75.4 cm³/mol. The highest BCUT2D eigenvalue weighted by atomic mass is 19.1. The molecule has 0 unspecified atom stereocenters. The molecule has 3 rings (SSSR count). The lowest BCUT2D eigenvalue weighted by molar-refractivity contribution is 0.574. The molecule has 0 amide bonds. The predicted octanol–water partition coefficient (Wildman–Crippen LogP) is 4.13. The van der Waals surface area contributed by atoms with Crippen molar-refractivity contribution in [3.05, 3.63) is 71.9 Å². The van der Waals surface area contributed by atoms with E-state index in [2.05, 4.69) is 10.3 Å². The molecule has 2 nitrogen and oxygen atoms in total. The van der Waals surface area contributed by atoms with Crippen molar-refractivity contribution in [2.24, 2.45) is 0 Å². The SMILES string of the molecule is Fc1ccc(CNc2cccc3ncccc23)c(F)c1. The van der Waals surface area contributed by atoms with E-state index in [1.54, 1.807) is 6.20 Å². The van der Waals surface area contributed by atoms with Crippen LogP contribution in [0.1, 0.15) is 5.56 Å². The van der Waals surface area contributed by atoms with Crippen molar-refractivity contribution >= 4 is 16.6 Å². The van der Waals surface area contributed by atoms with Gasteiger partial charge in [0, 0.05) is 35.4 Å². The van der Waals surface area contributed by atoms with Gasteiger partial charge in [0.25, 0.3) is 0 Å². The summed E-state index contributed by atoms with van der Waals surface area (Å²) in [6, 6.07) is 13.1. The topological polar surface area (TPSA) is 24.9 Å². The second-order valence-electron chi connectivity index (χ2n) is 4.46. The molecule has 20 heavy (non-hydrogen) atoms. The third-order valence-electron chi connectivity index (χ3n) is 3.13. The van der Waals surface area contributed by atoms with Crippen LogP contribution in [0.2, 0.25) is 0 Å². The largest absolute Gasteiger partial charge is 0.380 e. The summed E-state index contributed by atoms with van der Waals surface area (Å²) < 4.78 is 26.4. The molecule has 0 aliphatic carbocycles. The Bertz CT molecular complexity index is 751. The van der Waals surface area contributed by atoms with Crippen molar-refractivity contribution in [1.82, 2.24) is 4.98 Å². The van der Waals surface area contributed by atoms with Crippen LogP contribution in [0.5, 0.6) is 0 Å². The summed E-state index contributed by atoms with van der Waals surface area (Å²) in [6.07, 6.45) is 1.73. The van der Waals surface area contributed by atoms with E-state index in [4.69, 9.17) is 0 Å². The Hall–Kier alpha value is -2.49. The van der Waals surface area contributed by atoms with Gasteiger partial charge < -0.3 is 5.32 Å². The zero-order chi connectivity index (χ0) is 13.9. The van der Waals surface area contributed by atoms with E-state index in [-0.39, 0.29) is 0 Å². The molecule has 0 bridgehead atoms. The fraction of sp³-hybridized carbons (Fsp3) is 0.0625. The van der Waals surface area contributed by atoms with E-state index in [1.807, 2.05) is 30.3 Å². The molecule has 1 heterocycles. The first kappa shape index (κ1) is 12.5. The molecule has 0 atom stereocenters. The van der Waals surface area contributed by atoms with Crippen LogP contribution in [0.3, 0.4) is 0 Å². The molecular weight excluding hydrogens is 258 g/mol. The van der Waals surface area contributed by atoms with E-state index in [1.165, 1.54) is 12.1 Å². The quantitative estimate of drug-likeness (QED) is 0.774. The second kappa shape index (κ2) is 5.25. The van der Waals surface area contributed by atoms with Crippen molar-refractivity contribution in [3.8, 4) is 0 Å². The number of hydrogen-bond donors (Lipinski definition) is 1. The van der Waals surface area contributed by atoms with Gasteiger partial charge in [-0.1, -0.05) is 12.1 Å². The first-order chi connectivity index (χ1) is 9.74. The lowest BCUT2D eigenvalue weighted by Gasteiger charge is -2.10. The van der Waals surface area contributed by atoms with E-state index < -0.39 is 11.6 Å². The number of nitrogens with one attached hydrogen (secondary N) is 1. The van der Waals surface area contributed by atoms with E-state index in [0.29, 0.717) is 12.1 Å². The Labute approximate surface area is 115 Å². The number of pyridine rings is 1. The van der Waals surface area contributed by atoms with Gasteiger partial charge in [-0.15, -0.1) is 0 Å². The summed E-state index contributed by atoms with van der Waals surface area (Å²) in [7, 11) is 0. The smallest absolute Gasteiger partial charge is 0.131 e. The average molecular weight is 270 g/mol. The summed E-state index contributed by atoms with van der Waals surface area (Å²) in [5.74, 6) is -1.11. The van der Waals surface area contributed by atoms with Gasteiger partial charge in [-0.25, -0.2) is 8.78 Å². The Morgan fingerprint density at radius 1 is 1.00 bits per heavy atom. The number of anilines is 1. The summed E-state index contributed by atoms with van der Waals surface area (Å²) in [4.78, 5) is 4.26. The molecular formula is C16H12F2N2. The zero-order valence-corrected chi connectivity index (χ0v) is 10.6. The molecule has 0 saturated heterocycles. The lowest BCUT2D eigenvalue weighted by Crippen LogP contribution is -2.02. The number of rotatable bonds is 3. The molecule has 0 aliphatic rings. The molecule has 0 fully saturated rings.